The Morgan fingerprint density at radius 3 is 2.32 bits per heavy atom. The summed E-state index contributed by atoms with van der Waals surface area (Å²) in [5.74, 6) is -1.36. The molecule has 3 aromatic rings. The highest BCUT2D eigenvalue weighted by atomic mass is 32.2. The van der Waals surface area contributed by atoms with Crippen LogP contribution in [-0.2, 0) is 9.59 Å². The second-order valence-corrected chi connectivity index (χ2v) is 11.7. The lowest BCUT2D eigenvalue weighted by molar-refractivity contribution is -0.123. The van der Waals surface area contributed by atoms with Gasteiger partial charge in [-0.2, -0.15) is 0 Å². The summed E-state index contributed by atoms with van der Waals surface area (Å²) in [5.41, 5.74) is 1.42. The molecule has 9 heteroatoms. The average molecular weight is 495 g/mol. The molecular weight excluding hydrogens is 475 g/mol. The predicted octanol–water partition coefficient (Wildman–Crippen LogP) is 3.96. The van der Waals surface area contributed by atoms with E-state index in [1.54, 1.807) is 23.9 Å². The number of nitrogens with zero attached hydrogens (tertiary/aromatic N) is 1. The Bertz CT molecular complexity index is 1400. The van der Waals surface area contributed by atoms with Crippen molar-refractivity contribution >= 4 is 40.6 Å². The van der Waals surface area contributed by atoms with Crippen molar-refractivity contribution in [1.82, 2.24) is 4.98 Å². The number of rotatable bonds is 2. The average Bonchev–Trinajstić information content (AvgIpc) is 3.54. The van der Waals surface area contributed by atoms with Gasteiger partial charge >= 0.3 is 4.87 Å². The Hall–Kier alpha value is -2.91. The number of hydrogen-bond acceptors (Lipinski definition) is 6. The number of phenols is 1. The molecule has 2 bridgehead atoms. The first kappa shape index (κ1) is 20.5. The standard InChI is InChI=1S/C25H19FN2O4S2/c26-11-3-5-12(6-4-11)28-23(30)18-14-9-15(19(18)24(28)31)20-17(14)16(10-1-7-13(29)8-2-10)21-22(33-20)27-25(32)34-21/h1-8,14-20,29H,9H2,(H,27,32)/t14-,15+,16+,17+,18+,19+,20+/m0/s1. The molecule has 0 unspecified atom stereocenters. The number of amides is 2. The molecule has 0 spiro atoms. The fraction of sp³-hybridized carbons (Fsp3) is 0.320. The topological polar surface area (TPSA) is 90.5 Å². The molecule has 0 radical (unpaired) electrons. The summed E-state index contributed by atoms with van der Waals surface area (Å²) in [7, 11) is 0. The highest BCUT2D eigenvalue weighted by molar-refractivity contribution is 8.00. The molecule has 2 aromatic carbocycles. The number of aromatic amines is 1. The number of benzene rings is 2. The van der Waals surface area contributed by atoms with Crippen LogP contribution in [0.15, 0.2) is 58.4 Å². The molecule has 172 valence electrons. The molecular formula is C25H19FN2O4S2. The van der Waals surface area contributed by atoms with Crippen molar-refractivity contribution in [3.63, 3.8) is 0 Å². The Morgan fingerprint density at radius 1 is 0.941 bits per heavy atom. The van der Waals surface area contributed by atoms with E-state index in [1.807, 2.05) is 12.1 Å². The van der Waals surface area contributed by atoms with Crippen LogP contribution >= 0.6 is 23.1 Å². The van der Waals surface area contributed by atoms with Crippen LogP contribution in [0, 0.1) is 35.4 Å². The minimum atomic E-state index is -0.414. The summed E-state index contributed by atoms with van der Waals surface area (Å²) in [6.07, 6.45) is 0.806. The fourth-order valence-corrected chi connectivity index (χ4v) is 9.81. The van der Waals surface area contributed by atoms with Crippen molar-refractivity contribution in [2.45, 2.75) is 22.6 Å². The maximum atomic E-state index is 13.6. The van der Waals surface area contributed by atoms with E-state index in [0.29, 0.717) is 5.69 Å². The first-order chi connectivity index (χ1) is 16.4. The third-order valence-corrected chi connectivity index (χ3v) is 10.6. The highest BCUT2D eigenvalue weighted by Crippen LogP contribution is 2.68. The van der Waals surface area contributed by atoms with Gasteiger partial charge in [-0.25, -0.2) is 4.39 Å². The number of thioether (sulfide) groups is 1. The number of imide groups is 1. The van der Waals surface area contributed by atoms with Crippen LogP contribution in [-0.4, -0.2) is 27.2 Å². The number of aromatic nitrogens is 1. The quantitative estimate of drug-likeness (QED) is 0.527. The van der Waals surface area contributed by atoms with E-state index in [-0.39, 0.29) is 57.3 Å². The first-order valence-corrected chi connectivity index (χ1v) is 12.9. The SMILES string of the molecule is O=C1[C@@H]2[C@H]3C[C@@H]([C@H]4Sc5[nH]c(=O)sc5[C@H](c5ccc(O)cc5)[C@@H]34)[C@H]2C(=O)N1c1ccc(F)cc1. The van der Waals surface area contributed by atoms with Crippen LogP contribution in [0.5, 0.6) is 5.75 Å². The Balaban J connectivity index is 1.32. The van der Waals surface area contributed by atoms with Crippen LogP contribution in [0.2, 0.25) is 0 Å². The van der Waals surface area contributed by atoms with Crippen LogP contribution in [0.1, 0.15) is 22.8 Å². The number of thiazole rings is 1. The van der Waals surface area contributed by atoms with Crippen molar-refractivity contribution < 1.29 is 19.1 Å². The smallest absolute Gasteiger partial charge is 0.305 e. The summed E-state index contributed by atoms with van der Waals surface area (Å²) >= 11 is 2.84. The summed E-state index contributed by atoms with van der Waals surface area (Å²) in [6.45, 7) is 0. The second kappa shape index (κ2) is 7.05. The molecule has 2 aliphatic carbocycles. The number of carbonyl (C=O) groups is 2. The second-order valence-electron chi connectivity index (χ2n) is 9.54. The van der Waals surface area contributed by atoms with E-state index >= 15 is 0 Å². The summed E-state index contributed by atoms with van der Waals surface area (Å²) in [6, 6.07) is 12.6. The van der Waals surface area contributed by atoms with Crippen LogP contribution in [0.25, 0.3) is 0 Å². The lowest BCUT2D eigenvalue weighted by Gasteiger charge is -2.43. The van der Waals surface area contributed by atoms with Crippen LogP contribution < -0.4 is 9.77 Å². The summed E-state index contributed by atoms with van der Waals surface area (Å²) in [4.78, 5) is 44.5. The molecule has 2 aliphatic heterocycles. The zero-order chi connectivity index (χ0) is 23.3. The monoisotopic (exact) mass is 494 g/mol. The van der Waals surface area contributed by atoms with Gasteiger partial charge in [0, 0.05) is 16.0 Å². The van der Waals surface area contributed by atoms with Crippen LogP contribution in [0.3, 0.4) is 0 Å². The van der Waals surface area contributed by atoms with Gasteiger partial charge in [-0.05, 0) is 66.1 Å². The Kier molecular flexibility index (Phi) is 4.24. The lowest BCUT2D eigenvalue weighted by atomic mass is 9.68. The maximum absolute atomic E-state index is 13.6. The number of aromatic hydroxyl groups is 1. The zero-order valence-electron chi connectivity index (χ0n) is 17.7. The molecule has 6 nitrogen and oxygen atoms in total. The van der Waals surface area contributed by atoms with E-state index in [4.69, 9.17) is 0 Å². The normalized spacial score (nSPS) is 33.2. The molecule has 1 saturated heterocycles. The third kappa shape index (κ3) is 2.65. The molecule has 7 atom stereocenters. The fourth-order valence-electron chi connectivity index (χ4n) is 6.92. The number of carbonyl (C=O) groups excluding carboxylic acids is 2. The Labute approximate surface area is 201 Å². The maximum Gasteiger partial charge on any atom is 0.305 e. The van der Waals surface area contributed by atoms with E-state index in [9.17, 15) is 23.9 Å². The van der Waals surface area contributed by atoms with Crippen molar-refractivity contribution in [3.05, 3.63) is 74.5 Å². The molecule has 3 fully saturated rings. The molecule has 2 saturated carbocycles. The number of anilines is 1. The minimum Gasteiger partial charge on any atom is -0.508 e. The molecule has 2 N–H and O–H groups in total. The summed E-state index contributed by atoms with van der Waals surface area (Å²) < 4.78 is 13.5. The van der Waals surface area contributed by atoms with Crippen molar-refractivity contribution in [2.24, 2.45) is 29.6 Å². The number of phenolic OH excluding ortho intramolecular Hbond substituents is 1. The number of halogens is 1. The molecule has 3 heterocycles. The number of nitrogens with one attached hydrogen (secondary N) is 1. The van der Waals surface area contributed by atoms with Gasteiger partial charge in [0.05, 0.1) is 22.5 Å². The number of fused-ring (bicyclic) bond motifs is 9. The van der Waals surface area contributed by atoms with Gasteiger partial charge in [-0.1, -0.05) is 23.5 Å². The number of H-pyrrole nitrogens is 1. The van der Waals surface area contributed by atoms with Crippen LogP contribution in [0.4, 0.5) is 10.1 Å². The van der Waals surface area contributed by atoms with Gasteiger partial charge in [-0.15, -0.1) is 11.8 Å². The van der Waals surface area contributed by atoms with Gasteiger partial charge in [-0.3, -0.25) is 19.3 Å². The van der Waals surface area contributed by atoms with Crippen molar-refractivity contribution in [3.8, 4) is 5.75 Å². The predicted molar refractivity (Wildman–Crippen MR) is 125 cm³/mol. The first-order valence-electron chi connectivity index (χ1n) is 11.2. The number of hydrogen-bond donors (Lipinski definition) is 2. The zero-order valence-corrected chi connectivity index (χ0v) is 19.3. The summed E-state index contributed by atoms with van der Waals surface area (Å²) in [5, 5.41) is 10.8. The lowest BCUT2D eigenvalue weighted by Crippen LogP contribution is -2.42. The molecule has 4 aliphatic rings. The molecule has 1 aromatic heterocycles. The largest absolute Gasteiger partial charge is 0.508 e. The molecule has 2 amide bonds. The van der Waals surface area contributed by atoms with E-state index in [0.717, 1.165) is 21.9 Å². The van der Waals surface area contributed by atoms with Gasteiger partial charge in [0.2, 0.25) is 11.8 Å². The third-order valence-electron chi connectivity index (χ3n) is 8.06. The highest BCUT2D eigenvalue weighted by Gasteiger charge is 2.69. The van der Waals surface area contributed by atoms with Crippen molar-refractivity contribution in [2.75, 3.05) is 4.90 Å². The van der Waals surface area contributed by atoms with E-state index in [1.165, 1.54) is 40.5 Å². The molecule has 7 rings (SSSR count). The van der Waals surface area contributed by atoms with E-state index in [2.05, 4.69) is 4.98 Å². The molecule has 34 heavy (non-hydrogen) atoms. The Morgan fingerprint density at radius 2 is 1.62 bits per heavy atom. The van der Waals surface area contributed by atoms with Gasteiger partial charge in [0.1, 0.15) is 11.6 Å². The minimum absolute atomic E-state index is 0.0125. The van der Waals surface area contributed by atoms with Gasteiger partial charge < -0.3 is 10.1 Å². The van der Waals surface area contributed by atoms with Crippen molar-refractivity contribution in [1.29, 1.82) is 0 Å². The van der Waals surface area contributed by atoms with Gasteiger partial charge in [0.25, 0.3) is 0 Å². The van der Waals surface area contributed by atoms with E-state index < -0.39 is 11.7 Å². The van der Waals surface area contributed by atoms with Gasteiger partial charge in [0.15, 0.2) is 0 Å².